The number of ketones is 2. The fraction of sp³-hybridized carbons (Fsp3) is 0.449. The highest BCUT2D eigenvalue weighted by molar-refractivity contribution is 5.93. The second kappa shape index (κ2) is 55.4. The third kappa shape index (κ3) is 36.1. The number of aromatic nitrogens is 13. The van der Waals surface area contributed by atoms with Gasteiger partial charge in [0.25, 0.3) is 0 Å². The van der Waals surface area contributed by atoms with Crippen molar-refractivity contribution in [3.05, 3.63) is 319 Å². The summed E-state index contributed by atoms with van der Waals surface area (Å²) in [5.74, 6) is 8.12. The molecule has 0 bridgehead atoms. The van der Waals surface area contributed by atoms with Crippen molar-refractivity contribution in [3.63, 3.8) is 0 Å². The van der Waals surface area contributed by atoms with E-state index in [2.05, 4.69) is 251 Å². The van der Waals surface area contributed by atoms with Crippen molar-refractivity contribution in [1.82, 2.24) is 81.3 Å². The standard InChI is InChI=1S/C21H27N3O.2C20H26N4O.C20H25N3O.C19H25N3O.C18H21FN4O/c1-15(2)19-7-5-17(6-8-19)13-21(25)24-11-10-18(14-24)12-20-9-4-16(3)22-23-20;1-14(2)16-5-7-18(8-6-16)21-20(25)17-10-12-24(13-11-17)19-9-4-15(3)22-23-19;1-14(2)19-6-5-16(12-21-19)10-18(25)11-17-8-9-24(13-17)20-7-4-15(3)22-23-20;1-14(2)18-7-5-16(6-8-18)11-20(24)23-12-17(13-23)10-19-9-4-15(3)21-22-19;1-14(2)17-9-7-16(8-10-17)13-18(23)5-4-12-20-19-11-6-15(3)21-22-19;1-12-3-5-14(9-16(12)19)10-18(24)20-15-7-8-23(11-15)17-6-4-13(2)21-22-17/h4-9,15,18H,10-14H2,1-3H3;4-9,14,17H,10-13H2,1-3H3,(H,21,25);4-7,12,14,17H,8-11,13H2,1-3H3;4-9,14,17H,10-13H2,1-3H3;6-11,14H,4-5,12-13H2,1-3H3,(H,20,22);3-6,9,15H,7-8,10-11H2,1-2H3,(H,20,24)/t18-;;17-;;;15-/m0.1..0/s1. The van der Waals surface area contributed by atoms with Gasteiger partial charge < -0.3 is 40.4 Å². The lowest BCUT2D eigenvalue weighted by Crippen LogP contribution is -2.51. The molecule has 0 spiro atoms. The first-order chi connectivity index (χ1) is 70.1. The van der Waals surface area contributed by atoms with Crippen LogP contribution in [0.2, 0.25) is 0 Å². The molecule has 0 radical (unpaired) electrons. The van der Waals surface area contributed by atoms with Crippen LogP contribution in [0.3, 0.4) is 0 Å². The SMILES string of the molecule is Cc1ccc(CC2CN(C(=O)Cc3ccc(C(C)C)cc3)C2)nn1.Cc1ccc(C[C@@H]2CCN(C(=O)Cc3ccc(C(C)C)cc3)C2)nn1.Cc1ccc(N2CCC(C(=O)Nc3ccc(C(C)C)cc3)CC2)nn1.Cc1ccc(N2CC[C@H](CC(=O)Cc3ccc(C(C)C)nc3)C2)nn1.Cc1ccc(N2CC[C@H](NC(=O)Cc3ccc(C)c(F)c3)C2)nn1.Cc1ccc(NCCCC(=O)Cc2ccc(C(C)C)cc2)nn1. The van der Waals surface area contributed by atoms with Gasteiger partial charge in [-0.3, -0.25) is 33.8 Å². The van der Waals surface area contributed by atoms with Crippen molar-refractivity contribution in [2.24, 2.45) is 23.7 Å². The molecular formula is C118H150FN21O6. The zero-order chi connectivity index (χ0) is 104. The van der Waals surface area contributed by atoms with Crippen LogP contribution in [0.5, 0.6) is 0 Å². The number of nitrogens with zero attached hydrogens (tertiary/aromatic N) is 18. The van der Waals surface area contributed by atoms with E-state index in [0.29, 0.717) is 109 Å². The first-order valence-electron chi connectivity index (χ1n) is 52.2. The number of benzene rings is 5. The zero-order valence-electron chi connectivity index (χ0n) is 88.7. The van der Waals surface area contributed by atoms with Crippen LogP contribution >= 0.6 is 0 Å². The first kappa shape index (κ1) is 111. The molecule has 0 saturated carbocycles. The van der Waals surface area contributed by atoms with Crippen molar-refractivity contribution in [3.8, 4) is 0 Å². The monoisotopic (exact) mass is 1980 g/mol. The molecule has 17 rings (SSSR count). The Bertz CT molecular complexity index is 5980. The number of piperidine rings is 1. The number of anilines is 5. The van der Waals surface area contributed by atoms with Crippen LogP contribution in [0.4, 0.5) is 33.3 Å². The third-order valence-corrected chi connectivity index (χ3v) is 27.3. The van der Waals surface area contributed by atoms with Gasteiger partial charge in [-0.2, -0.15) is 40.8 Å². The number of pyridine rings is 1. The molecule has 5 fully saturated rings. The molecule has 0 unspecified atom stereocenters. The fourth-order valence-electron chi connectivity index (χ4n) is 18.0. The number of hydrogen-bond acceptors (Lipinski definition) is 23. The molecular weight excluding hydrogens is 1830 g/mol. The molecule has 770 valence electrons. The van der Waals surface area contributed by atoms with Crippen molar-refractivity contribution < 1.29 is 33.2 Å². The predicted octanol–water partition coefficient (Wildman–Crippen LogP) is 19.9. The fourth-order valence-corrected chi connectivity index (χ4v) is 18.0. The van der Waals surface area contributed by atoms with E-state index in [4.69, 9.17) is 0 Å². The highest BCUT2D eigenvalue weighted by atomic mass is 19.1. The molecule has 12 heterocycles. The first-order valence-corrected chi connectivity index (χ1v) is 52.2. The number of carbonyl (C=O) groups is 6. The second-order valence-electron chi connectivity index (χ2n) is 41.4. The van der Waals surface area contributed by atoms with E-state index in [-0.39, 0.29) is 53.6 Å². The second-order valence-corrected chi connectivity index (χ2v) is 41.4. The Kier molecular flexibility index (Phi) is 42.1. The molecule has 5 saturated heterocycles. The number of halogens is 1. The molecule has 3 N–H and O–H groups in total. The Balaban J connectivity index is 0.000000156. The number of Topliss-reactive ketones (excluding diaryl/α,β-unsaturated/α-hetero) is 2. The van der Waals surface area contributed by atoms with E-state index in [1.165, 1.54) is 28.3 Å². The van der Waals surface area contributed by atoms with Gasteiger partial charge in [0.2, 0.25) is 23.6 Å². The zero-order valence-corrected chi connectivity index (χ0v) is 88.7. The van der Waals surface area contributed by atoms with Crippen LogP contribution in [0, 0.1) is 78.0 Å². The molecule has 3 atom stereocenters. The molecule has 5 aliphatic rings. The highest BCUT2D eigenvalue weighted by Gasteiger charge is 2.33. The lowest BCUT2D eigenvalue weighted by atomic mass is 9.93. The molecule has 5 aromatic carbocycles. The summed E-state index contributed by atoms with van der Waals surface area (Å²) in [5, 5.41) is 58.9. The molecule has 27 nitrogen and oxygen atoms in total. The van der Waals surface area contributed by atoms with Crippen LogP contribution in [0.1, 0.15) is 257 Å². The molecule has 146 heavy (non-hydrogen) atoms. The van der Waals surface area contributed by atoms with Gasteiger partial charge in [0.05, 0.1) is 64.8 Å². The van der Waals surface area contributed by atoms with E-state index in [1.807, 2.05) is 155 Å². The average Bonchev–Trinajstić information content (AvgIpc) is 1.21. The normalized spacial score (nSPS) is 15.5. The predicted molar refractivity (Wildman–Crippen MR) is 578 cm³/mol. The van der Waals surface area contributed by atoms with Crippen molar-refractivity contribution in [2.45, 2.75) is 250 Å². The smallest absolute Gasteiger partial charge is 0.227 e. The maximum atomic E-state index is 13.6. The summed E-state index contributed by atoms with van der Waals surface area (Å²) < 4.78 is 13.6. The Hall–Kier alpha value is -13.9. The molecule has 5 aliphatic heterocycles. The van der Waals surface area contributed by atoms with Crippen molar-refractivity contribution >= 4 is 64.2 Å². The Labute approximate surface area is 863 Å². The minimum absolute atomic E-state index is 0.0550. The van der Waals surface area contributed by atoms with Gasteiger partial charge in [0, 0.05) is 127 Å². The van der Waals surface area contributed by atoms with Crippen LogP contribution < -0.4 is 30.7 Å². The Morgan fingerprint density at radius 1 is 0.370 bits per heavy atom. The quantitative estimate of drug-likeness (QED) is 0.0330. The van der Waals surface area contributed by atoms with E-state index >= 15 is 0 Å². The van der Waals surface area contributed by atoms with Crippen LogP contribution in [-0.4, -0.2) is 189 Å². The lowest BCUT2D eigenvalue weighted by Gasteiger charge is -2.39. The highest BCUT2D eigenvalue weighted by Crippen LogP contribution is 2.31. The summed E-state index contributed by atoms with van der Waals surface area (Å²) in [4.78, 5) is 89.0. The summed E-state index contributed by atoms with van der Waals surface area (Å²) in [6.07, 6.45) is 12.5. The van der Waals surface area contributed by atoms with E-state index < -0.39 is 0 Å². The Morgan fingerprint density at radius 3 is 1.27 bits per heavy atom. The van der Waals surface area contributed by atoms with Crippen LogP contribution in [-0.2, 0) is 73.7 Å². The van der Waals surface area contributed by atoms with Gasteiger partial charge >= 0.3 is 0 Å². The average molecular weight is 1980 g/mol. The number of nitrogens with one attached hydrogen (secondary N) is 3. The summed E-state index contributed by atoms with van der Waals surface area (Å²) in [6, 6.07) is 66.1. The summed E-state index contributed by atoms with van der Waals surface area (Å²) in [5.41, 5.74) is 20.3. The molecule has 12 aromatic rings. The molecule has 4 amide bonds. The number of aryl methyl sites for hydroxylation is 7. The number of amides is 4. The largest absolute Gasteiger partial charge is 0.369 e. The number of rotatable bonds is 32. The van der Waals surface area contributed by atoms with E-state index in [1.54, 1.807) is 19.1 Å². The number of carbonyl (C=O) groups excluding carboxylic acids is 6. The van der Waals surface area contributed by atoms with Crippen LogP contribution in [0.25, 0.3) is 0 Å². The topological polar surface area (TPSA) is 322 Å². The van der Waals surface area contributed by atoms with Gasteiger partial charge in [-0.25, -0.2) is 4.39 Å². The summed E-state index contributed by atoms with van der Waals surface area (Å²) in [6.45, 7) is 44.0. The van der Waals surface area contributed by atoms with E-state index in [0.717, 1.165) is 219 Å². The van der Waals surface area contributed by atoms with Crippen molar-refractivity contribution in [1.29, 1.82) is 0 Å². The van der Waals surface area contributed by atoms with Crippen LogP contribution in [0.15, 0.2) is 206 Å². The maximum absolute atomic E-state index is 13.6. The lowest BCUT2D eigenvalue weighted by molar-refractivity contribution is -0.136. The maximum Gasteiger partial charge on any atom is 0.227 e. The summed E-state index contributed by atoms with van der Waals surface area (Å²) in [7, 11) is 0. The molecule has 0 aliphatic carbocycles. The van der Waals surface area contributed by atoms with E-state index in [9.17, 15) is 33.2 Å². The summed E-state index contributed by atoms with van der Waals surface area (Å²) >= 11 is 0. The van der Waals surface area contributed by atoms with Gasteiger partial charge in [0.1, 0.15) is 23.2 Å². The van der Waals surface area contributed by atoms with Gasteiger partial charge in [-0.1, -0.05) is 172 Å². The van der Waals surface area contributed by atoms with Crippen molar-refractivity contribution in [2.75, 3.05) is 97.3 Å². The third-order valence-electron chi connectivity index (χ3n) is 27.3. The van der Waals surface area contributed by atoms with Gasteiger partial charge in [-0.15, -0.1) is 20.4 Å². The molecule has 7 aromatic heterocycles. The van der Waals surface area contributed by atoms with Gasteiger partial charge in [0.15, 0.2) is 17.5 Å². The molecule has 28 heteroatoms. The minimum Gasteiger partial charge on any atom is -0.369 e. The number of likely N-dealkylation sites (tertiary alicyclic amines) is 2. The van der Waals surface area contributed by atoms with Gasteiger partial charge in [-0.05, 0) is 300 Å². The Morgan fingerprint density at radius 2 is 0.801 bits per heavy atom. The minimum atomic E-state index is -0.273. The number of hydrogen-bond donors (Lipinski definition) is 3.